The van der Waals surface area contributed by atoms with Gasteiger partial charge in [-0.1, -0.05) is 0 Å². The summed E-state index contributed by atoms with van der Waals surface area (Å²) in [5, 5.41) is -0.334. The average Bonchev–Trinajstić information content (AvgIpc) is 2.51. The molecule has 0 radical (unpaired) electrons. The van der Waals surface area contributed by atoms with Crippen molar-refractivity contribution in [2.75, 3.05) is 0 Å². The van der Waals surface area contributed by atoms with Gasteiger partial charge in [0.1, 0.15) is 0 Å². The van der Waals surface area contributed by atoms with Crippen molar-refractivity contribution >= 4 is 12.6 Å². The Bertz CT molecular complexity index is 331. The highest BCUT2D eigenvalue weighted by Crippen LogP contribution is 2.40. The Morgan fingerprint density at radius 1 is 1.54 bits per heavy atom. The van der Waals surface area contributed by atoms with Crippen molar-refractivity contribution in [3.05, 3.63) is 17.7 Å². The molecule has 0 fully saturated rings. The van der Waals surface area contributed by atoms with Gasteiger partial charge in [-0.25, -0.2) is 4.98 Å². The highest BCUT2D eigenvalue weighted by molar-refractivity contribution is 7.80. The van der Waals surface area contributed by atoms with Gasteiger partial charge >= 0.3 is 6.18 Å². The number of hydrogen-bond acceptors (Lipinski definition) is 2. The monoisotopic (exact) mass is 208 g/mol. The van der Waals surface area contributed by atoms with Crippen LogP contribution in [0, 0.1) is 0 Å². The Kier molecular flexibility index (Phi) is 1.83. The normalized spacial score (nSPS) is 22.0. The second-order valence-electron chi connectivity index (χ2n) is 2.97. The van der Waals surface area contributed by atoms with Crippen molar-refractivity contribution < 1.29 is 13.2 Å². The Balaban J connectivity index is 2.50. The predicted molar refractivity (Wildman–Crippen MR) is 43.6 cm³/mol. The van der Waals surface area contributed by atoms with Crippen LogP contribution < -0.4 is 0 Å². The van der Waals surface area contributed by atoms with E-state index in [1.54, 1.807) is 0 Å². The molecule has 0 aliphatic carbocycles. The van der Waals surface area contributed by atoms with Gasteiger partial charge < -0.3 is 4.57 Å². The molecule has 0 N–H and O–H groups in total. The number of nitrogens with zero attached hydrogens (tertiary/aromatic N) is 2. The van der Waals surface area contributed by atoms with Crippen LogP contribution in [0.3, 0.4) is 0 Å². The van der Waals surface area contributed by atoms with Crippen LogP contribution in [0.4, 0.5) is 13.2 Å². The quantitative estimate of drug-likeness (QED) is 0.647. The third-order valence-corrected chi connectivity index (χ3v) is 2.61. The molecule has 1 aromatic rings. The lowest BCUT2D eigenvalue weighted by molar-refractivity contribution is -0.141. The first kappa shape index (κ1) is 8.93. The number of alkyl halides is 3. The van der Waals surface area contributed by atoms with Crippen LogP contribution >= 0.6 is 12.6 Å². The summed E-state index contributed by atoms with van der Waals surface area (Å²) in [7, 11) is 0. The largest absolute Gasteiger partial charge is 0.435 e. The SMILES string of the molecule is FC(F)(F)c1ncn2c1C(S)CC2. The van der Waals surface area contributed by atoms with Crippen molar-refractivity contribution in [1.29, 1.82) is 0 Å². The summed E-state index contributed by atoms with van der Waals surface area (Å²) in [4.78, 5) is 3.35. The van der Waals surface area contributed by atoms with Crippen LogP contribution in [0.15, 0.2) is 6.33 Å². The highest BCUT2D eigenvalue weighted by atomic mass is 32.1. The number of rotatable bonds is 0. The van der Waals surface area contributed by atoms with Gasteiger partial charge in [0.25, 0.3) is 0 Å². The average molecular weight is 208 g/mol. The molecule has 2 rings (SSSR count). The Labute approximate surface area is 78.2 Å². The summed E-state index contributed by atoms with van der Waals surface area (Å²) in [6, 6.07) is 0. The molecule has 2 heterocycles. The van der Waals surface area contributed by atoms with Gasteiger partial charge in [-0.2, -0.15) is 25.8 Å². The van der Waals surface area contributed by atoms with Crippen LogP contribution in [0.5, 0.6) is 0 Å². The van der Waals surface area contributed by atoms with E-state index in [-0.39, 0.29) is 10.9 Å². The minimum absolute atomic E-state index is 0.204. The number of hydrogen-bond donors (Lipinski definition) is 1. The predicted octanol–water partition coefficient (Wildman–Crippen LogP) is 2.28. The van der Waals surface area contributed by atoms with E-state index in [0.717, 1.165) is 0 Å². The Morgan fingerprint density at radius 2 is 2.23 bits per heavy atom. The molecular formula is C7H7F3N2S. The molecule has 0 aromatic carbocycles. The van der Waals surface area contributed by atoms with Crippen LogP contribution in [0.2, 0.25) is 0 Å². The van der Waals surface area contributed by atoms with Gasteiger partial charge in [-0.3, -0.25) is 0 Å². The zero-order valence-electron chi connectivity index (χ0n) is 6.54. The number of imidazole rings is 1. The third kappa shape index (κ3) is 1.33. The standard InChI is InChI=1S/C7H7F3N2S/c8-7(9,10)6-5-4(13)1-2-12(5)3-11-6/h3-4,13H,1-2H2. The first-order valence-electron chi connectivity index (χ1n) is 3.80. The first-order valence-corrected chi connectivity index (χ1v) is 4.32. The summed E-state index contributed by atoms with van der Waals surface area (Å²) in [6.07, 6.45) is -2.48. The number of halogens is 3. The van der Waals surface area contributed by atoms with Gasteiger partial charge in [-0.05, 0) is 6.42 Å². The van der Waals surface area contributed by atoms with Crippen molar-refractivity contribution in [2.45, 2.75) is 24.4 Å². The molecule has 13 heavy (non-hydrogen) atoms. The Hall–Kier alpha value is -0.650. The van der Waals surface area contributed by atoms with Crippen LogP contribution in [0.1, 0.15) is 23.1 Å². The maximum absolute atomic E-state index is 12.3. The molecule has 0 saturated carbocycles. The highest BCUT2D eigenvalue weighted by Gasteiger charge is 2.40. The lowest BCUT2D eigenvalue weighted by atomic mass is 10.2. The summed E-state index contributed by atoms with van der Waals surface area (Å²) in [5.41, 5.74) is -0.583. The number of aromatic nitrogens is 2. The van der Waals surface area contributed by atoms with Gasteiger partial charge in [0.15, 0.2) is 5.69 Å². The van der Waals surface area contributed by atoms with Gasteiger partial charge in [0.2, 0.25) is 0 Å². The molecular weight excluding hydrogens is 201 g/mol. The molecule has 0 bridgehead atoms. The second kappa shape index (κ2) is 2.67. The van der Waals surface area contributed by atoms with E-state index in [2.05, 4.69) is 17.6 Å². The fourth-order valence-corrected chi connectivity index (χ4v) is 1.92. The second-order valence-corrected chi connectivity index (χ2v) is 3.60. The Morgan fingerprint density at radius 3 is 2.85 bits per heavy atom. The summed E-state index contributed by atoms with van der Waals surface area (Å²) >= 11 is 4.08. The van der Waals surface area contributed by atoms with Gasteiger partial charge in [0, 0.05) is 11.8 Å². The molecule has 1 aliphatic rings. The van der Waals surface area contributed by atoms with Gasteiger partial charge in [-0.15, -0.1) is 0 Å². The minimum atomic E-state index is -4.36. The fraction of sp³-hybridized carbons (Fsp3) is 0.571. The maximum Gasteiger partial charge on any atom is 0.435 e. The first-order chi connectivity index (χ1) is 6.00. The molecule has 0 spiro atoms. The fourth-order valence-electron chi connectivity index (χ4n) is 1.54. The van der Waals surface area contributed by atoms with E-state index >= 15 is 0 Å². The number of aryl methyl sites for hydroxylation is 1. The molecule has 1 aliphatic heterocycles. The minimum Gasteiger partial charge on any atom is -0.333 e. The van der Waals surface area contributed by atoms with E-state index in [4.69, 9.17) is 0 Å². The number of thiol groups is 1. The molecule has 2 nitrogen and oxygen atoms in total. The lowest BCUT2D eigenvalue weighted by Crippen LogP contribution is -2.09. The van der Waals surface area contributed by atoms with Crippen molar-refractivity contribution in [2.24, 2.45) is 0 Å². The van der Waals surface area contributed by atoms with E-state index in [1.165, 1.54) is 10.9 Å². The molecule has 1 atom stereocenters. The summed E-state index contributed by atoms with van der Waals surface area (Å²) in [5.74, 6) is 0. The van der Waals surface area contributed by atoms with E-state index in [9.17, 15) is 13.2 Å². The van der Waals surface area contributed by atoms with E-state index in [1.807, 2.05) is 0 Å². The maximum atomic E-state index is 12.3. The van der Waals surface area contributed by atoms with Crippen molar-refractivity contribution in [1.82, 2.24) is 9.55 Å². The molecule has 0 amide bonds. The lowest BCUT2D eigenvalue weighted by Gasteiger charge is -2.07. The number of fused-ring (bicyclic) bond motifs is 1. The summed E-state index contributed by atoms with van der Waals surface area (Å²) in [6.45, 7) is 0.576. The molecule has 1 unspecified atom stereocenters. The zero-order chi connectivity index (χ0) is 9.64. The van der Waals surface area contributed by atoms with Gasteiger partial charge in [0.05, 0.1) is 12.0 Å². The van der Waals surface area contributed by atoms with E-state index < -0.39 is 11.9 Å². The molecule has 1 aromatic heterocycles. The third-order valence-electron chi connectivity index (χ3n) is 2.11. The van der Waals surface area contributed by atoms with Crippen LogP contribution in [-0.2, 0) is 12.7 Å². The summed E-state index contributed by atoms with van der Waals surface area (Å²) < 4.78 is 38.5. The van der Waals surface area contributed by atoms with Crippen LogP contribution in [0.25, 0.3) is 0 Å². The topological polar surface area (TPSA) is 17.8 Å². The van der Waals surface area contributed by atoms with Crippen molar-refractivity contribution in [3.8, 4) is 0 Å². The van der Waals surface area contributed by atoms with E-state index in [0.29, 0.717) is 13.0 Å². The smallest absolute Gasteiger partial charge is 0.333 e. The van der Waals surface area contributed by atoms with Crippen LogP contribution in [-0.4, -0.2) is 9.55 Å². The molecule has 72 valence electrons. The zero-order valence-corrected chi connectivity index (χ0v) is 7.44. The molecule has 0 saturated heterocycles. The molecule has 6 heteroatoms. The van der Waals surface area contributed by atoms with Crippen molar-refractivity contribution in [3.63, 3.8) is 0 Å².